The van der Waals surface area contributed by atoms with E-state index in [0.717, 1.165) is 18.1 Å². The molecule has 3 aromatic rings. The highest BCUT2D eigenvalue weighted by molar-refractivity contribution is 7.89. The quantitative estimate of drug-likeness (QED) is 0.619. The predicted molar refractivity (Wildman–Crippen MR) is 108 cm³/mol. The Kier molecular flexibility index (Phi) is 5.17. The molecule has 8 nitrogen and oxygen atoms in total. The van der Waals surface area contributed by atoms with Gasteiger partial charge in [0.1, 0.15) is 10.7 Å². The molecule has 28 heavy (non-hydrogen) atoms. The lowest BCUT2D eigenvalue weighted by Gasteiger charge is -2.34. The molecule has 0 radical (unpaired) electrons. The van der Waals surface area contributed by atoms with E-state index in [9.17, 15) is 8.42 Å². The first kappa shape index (κ1) is 19.4. The van der Waals surface area contributed by atoms with Gasteiger partial charge in [-0.2, -0.15) is 8.82 Å². The Bertz CT molecular complexity index is 1130. The SMILES string of the molecule is CCc1nnc2ccc(N3CCN(S(=O)(=O)c4cccc(Cl)c4Cl)CC3)nn12. The molecule has 1 fully saturated rings. The summed E-state index contributed by atoms with van der Waals surface area (Å²) >= 11 is 12.1. The van der Waals surface area contributed by atoms with Crippen LogP contribution < -0.4 is 4.90 Å². The van der Waals surface area contributed by atoms with Gasteiger partial charge in [-0.1, -0.05) is 36.2 Å². The van der Waals surface area contributed by atoms with Gasteiger partial charge in [-0.25, -0.2) is 8.42 Å². The summed E-state index contributed by atoms with van der Waals surface area (Å²) < 4.78 is 29.1. The van der Waals surface area contributed by atoms with E-state index >= 15 is 0 Å². The van der Waals surface area contributed by atoms with Gasteiger partial charge in [-0.05, 0) is 24.3 Å². The first-order valence-corrected chi connectivity index (χ1v) is 11.0. The van der Waals surface area contributed by atoms with E-state index in [4.69, 9.17) is 23.2 Å². The molecule has 11 heteroatoms. The number of aromatic nitrogens is 4. The fourth-order valence-electron chi connectivity index (χ4n) is 3.19. The number of piperazine rings is 1. The maximum absolute atomic E-state index is 13.0. The molecular formula is C17H18Cl2N6O2S. The number of nitrogens with zero attached hydrogens (tertiary/aromatic N) is 6. The van der Waals surface area contributed by atoms with Crippen LogP contribution in [0.2, 0.25) is 10.0 Å². The standard InChI is InChI=1S/C17H18Cl2N6O2S/c1-2-14-20-21-15-6-7-16(22-25(14)15)23-8-10-24(11-9-23)28(26,27)13-5-3-4-12(18)17(13)19/h3-7H,2,8-11H2,1H3. The van der Waals surface area contributed by atoms with Gasteiger partial charge in [0.05, 0.1) is 10.0 Å². The second-order valence-electron chi connectivity index (χ2n) is 6.37. The van der Waals surface area contributed by atoms with E-state index in [2.05, 4.69) is 15.3 Å². The van der Waals surface area contributed by atoms with Crippen LogP contribution in [0.5, 0.6) is 0 Å². The number of anilines is 1. The van der Waals surface area contributed by atoms with Crippen molar-refractivity contribution in [1.29, 1.82) is 0 Å². The molecule has 0 unspecified atom stereocenters. The molecule has 1 aliphatic heterocycles. The van der Waals surface area contributed by atoms with E-state index in [1.807, 2.05) is 24.0 Å². The number of fused-ring (bicyclic) bond motifs is 1. The lowest BCUT2D eigenvalue weighted by molar-refractivity contribution is 0.383. The summed E-state index contributed by atoms with van der Waals surface area (Å²) in [7, 11) is -3.71. The molecule has 0 atom stereocenters. The number of hydrogen-bond acceptors (Lipinski definition) is 6. The zero-order valence-electron chi connectivity index (χ0n) is 15.1. The Hall–Kier alpha value is -1.94. The third-order valence-corrected chi connectivity index (χ3v) is 7.60. The summed E-state index contributed by atoms with van der Waals surface area (Å²) in [6.07, 6.45) is 0.726. The molecule has 1 aromatic carbocycles. The van der Waals surface area contributed by atoms with Gasteiger partial charge in [0.2, 0.25) is 10.0 Å². The third kappa shape index (κ3) is 3.32. The first-order chi connectivity index (χ1) is 13.4. The molecule has 0 amide bonds. The van der Waals surface area contributed by atoms with Crippen molar-refractivity contribution in [2.75, 3.05) is 31.1 Å². The second kappa shape index (κ2) is 7.47. The molecule has 0 spiro atoms. The minimum Gasteiger partial charge on any atom is -0.353 e. The van der Waals surface area contributed by atoms with Crippen LogP contribution in [-0.2, 0) is 16.4 Å². The minimum absolute atomic E-state index is 0.0340. The number of sulfonamides is 1. The number of aryl methyl sites for hydroxylation is 1. The number of hydrogen-bond donors (Lipinski definition) is 0. The summed E-state index contributed by atoms with van der Waals surface area (Å²) in [5, 5.41) is 13.1. The third-order valence-electron chi connectivity index (χ3n) is 4.73. The Balaban J connectivity index is 1.54. The van der Waals surface area contributed by atoms with E-state index in [1.54, 1.807) is 16.6 Å². The van der Waals surface area contributed by atoms with Gasteiger partial charge < -0.3 is 4.90 Å². The zero-order chi connectivity index (χ0) is 19.9. The normalized spacial score (nSPS) is 16.0. The van der Waals surface area contributed by atoms with Crippen LogP contribution in [0, 0.1) is 0 Å². The van der Waals surface area contributed by atoms with Gasteiger partial charge in [0, 0.05) is 32.6 Å². The van der Waals surface area contributed by atoms with Crippen LogP contribution in [-0.4, -0.2) is 58.7 Å². The monoisotopic (exact) mass is 440 g/mol. The molecular weight excluding hydrogens is 423 g/mol. The first-order valence-electron chi connectivity index (χ1n) is 8.82. The van der Waals surface area contributed by atoms with Crippen LogP contribution in [0.1, 0.15) is 12.7 Å². The van der Waals surface area contributed by atoms with Gasteiger partial charge in [-0.3, -0.25) is 0 Å². The predicted octanol–water partition coefficient (Wildman–Crippen LogP) is 2.50. The fraction of sp³-hybridized carbons (Fsp3) is 0.353. The van der Waals surface area contributed by atoms with Crippen molar-refractivity contribution >= 4 is 44.7 Å². The highest BCUT2D eigenvalue weighted by atomic mass is 35.5. The van der Waals surface area contributed by atoms with Crippen LogP contribution in [0.25, 0.3) is 5.65 Å². The van der Waals surface area contributed by atoms with Crippen molar-refractivity contribution in [3.05, 3.63) is 46.2 Å². The van der Waals surface area contributed by atoms with Crippen molar-refractivity contribution in [3.63, 3.8) is 0 Å². The molecule has 1 aliphatic rings. The van der Waals surface area contributed by atoms with E-state index < -0.39 is 10.0 Å². The molecule has 0 saturated carbocycles. The van der Waals surface area contributed by atoms with Gasteiger partial charge in [0.25, 0.3) is 0 Å². The average molecular weight is 441 g/mol. The molecule has 0 aliphatic carbocycles. The number of halogens is 2. The largest absolute Gasteiger partial charge is 0.353 e. The van der Waals surface area contributed by atoms with Gasteiger partial charge in [-0.15, -0.1) is 15.3 Å². The topological polar surface area (TPSA) is 83.7 Å². The summed E-state index contributed by atoms with van der Waals surface area (Å²) in [6.45, 7) is 3.68. The van der Waals surface area contributed by atoms with Crippen molar-refractivity contribution in [2.45, 2.75) is 18.2 Å². The van der Waals surface area contributed by atoms with Crippen LogP contribution in [0.4, 0.5) is 5.82 Å². The number of benzene rings is 1. The summed E-state index contributed by atoms with van der Waals surface area (Å²) in [5.41, 5.74) is 0.692. The summed E-state index contributed by atoms with van der Waals surface area (Å²) in [6, 6.07) is 8.37. The Labute approximate surface area is 172 Å². The lowest BCUT2D eigenvalue weighted by Crippen LogP contribution is -2.49. The molecule has 4 rings (SSSR count). The van der Waals surface area contributed by atoms with Crippen molar-refractivity contribution in [2.24, 2.45) is 0 Å². The molecule has 1 saturated heterocycles. The average Bonchev–Trinajstić information content (AvgIpc) is 3.12. The highest BCUT2D eigenvalue weighted by Crippen LogP contribution is 2.31. The van der Waals surface area contributed by atoms with Crippen LogP contribution in [0.3, 0.4) is 0 Å². The van der Waals surface area contributed by atoms with E-state index in [0.29, 0.717) is 31.8 Å². The Morgan fingerprint density at radius 3 is 2.50 bits per heavy atom. The van der Waals surface area contributed by atoms with Gasteiger partial charge in [0.15, 0.2) is 11.5 Å². The van der Waals surface area contributed by atoms with Crippen LogP contribution in [0.15, 0.2) is 35.2 Å². The smallest absolute Gasteiger partial charge is 0.244 e. The molecule has 3 heterocycles. The van der Waals surface area contributed by atoms with E-state index in [-0.39, 0.29) is 14.9 Å². The second-order valence-corrected chi connectivity index (χ2v) is 9.07. The van der Waals surface area contributed by atoms with Crippen molar-refractivity contribution < 1.29 is 8.42 Å². The maximum atomic E-state index is 13.0. The Morgan fingerprint density at radius 2 is 1.79 bits per heavy atom. The molecule has 2 aromatic heterocycles. The molecule has 148 valence electrons. The van der Waals surface area contributed by atoms with Gasteiger partial charge >= 0.3 is 0 Å². The lowest BCUT2D eigenvalue weighted by atomic mass is 10.3. The van der Waals surface area contributed by atoms with Crippen molar-refractivity contribution in [1.82, 2.24) is 24.1 Å². The van der Waals surface area contributed by atoms with E-state index in [1.165, 1.54) is 10.4 Å². The minimum atomic E-state index is -3.71. The highest BCUT2D eigenvalue weighted by Gasteiger charge is 2.31. The summed E-state index contributed by atoms with van der Waals surface area (Å²) in [5.74, 6) is 1.55. The fourth-order valence-corrected chi connectivity index (χ4v) is 5.35. The number of rotatable bonds is 4. The van der Waals surface area contributed by atoms with Crippen molar-refractivity contribution in [3.8, 4) is 0 Å². The zero-order valence-corrected chi connectivity index (χ0v) is 17.4. The summed E-state index contributed by atoms with van der Waals surface area (Å²) in [4.78, 5) is 2.08. The Morgan fingerprint density at radius 1 is 1.04 bits per heavy atom. The molecule has 0 bridgehead atoms. The molecule has 0 N–H and O–H groups in total. The maximum Gasteiger partial charge on any atom is 0.244 e. The van der Waals surface area contributed by atoms with Crippen LogP contribution >= 0.6 is 23.2 Å².